The fraction of sp³-hybridized carbons (Fsp3) is 0.786. The summed E-state index contributed by atoms with van der Waals surface area (Å²) in [5, 5.41) is 10.3. The Kier molecular flexibility index (Phi) is 7.11. The Balaban J connectivity index is 0.00000220. The lowest BCUT2D eigenvalue weighted by Crippen LogP contribution is -2.50. The van der Waals surface area contributed by atoms with Crippen molar-refractivity contribution in [2.45, 2.75) is 52.0 Å². The minimum absolute atomic E-state index is 0. The van der Waals surface area contributed by atoms with Crippen LogP contribution in [0.5, 0.6) is 0 Å². The zero-order valence-corrected chi connectivity index (χ0v) is 13.7. The molecule has 120 valence electrons. The number of nitrogens with zero attached hydrogens (tertiary/aromatic N) is 2. The first kappa shape index (κ1) is 17.9. The van der Waals surface area contributed by atoms with Gasteiger partial charge in [0, 0.05) is 31.3 Å². The summed E-state index contributed by atoms with van der Waals surface area (Å²) in [6.45, 7) is 8.09. The van der Waals surface area contributed by atoms with E-state index < -0.39 is 0 Å². The maximum absolute atomic E-state index is 11.9. The van der Waals surface area contributed by atoms with E-state index in [1.165, 1.54) is 0 Å². The average molecular weight is 317 g/mol. The van der Waals surface area contributed by atoms with Gasteiger partial charge in [-0.1, -0.05) is 25.9 Å². The molecule has 1 saturated heterocycles. The molecular formula is C14H25ClN4O2. The molecule has 0 aromatic carbocycles. The zero-order valence-electron chi connectivity index (χ0n) is 12.9. The summed E-state index contributed by atoms with van der Waals surface area (Å²) >= 11 is 0. The second-order valence-electron chi connectivity index (χ2n) is 5.85. The predicted octanol–water partition coefficient (Wildman–Crippen LogP) is 1.66. The predicted molar refractivity (Wildman–Crippen MR) is 82.5 cm³/mol. The van der Waals surface area contributed by atoms with Crippen LogP contribution in [0.2, 0.25) is 0 Å². The fourth-order valence-electron chi connectivity index (χ4n) is 2.29. The summed E-state index contributed by atoms with van der Waals surface area (Å²) in [5.41, 5.74) is 0. The lowest BCUT2D eigenvalue weighted by atomic mass is 9.95. The van der Waals surface area contributed by atoms with E-state index in [4.69, 9.17) is 4.52 Å². The molecule has 2 heterocycles. The van der Waals surface area contributed by atoms with Crippen molar-refractivity contribution in [2.24, 2.45) is 5.92 Å². The van der Waals surface area contributed by atoms with Crippen molar-refractivity contribution < 1.29 is 9.32 Å². The first-order valence-corrected chi connectivity index (χ1v) is 7.39. The second kappa shape index (κ2) is 8.34. The Bertz CT molecular complexity index is 450. The minimum Gasteiger partial charge on any atom is -0.352 e. The Morgan fingerprint density at radius 1 is 1.52 bits per heavy atom. The highest BCUT2D eigenvalue weighted by atomic mass is 35.5. The molecule has 6 nitrogen and oxygen atoms in total. The number of aryl methyl sites for hydroxylation is 1. The Morgan fingerprint density at radius 3 is 2.90 bits per heavy atom. The molecule has 1 aliphatic heterocycles. The van der Waals surface area contributed by atoms with Crippen molar-refractivity contribution >= 4 is 18.3 Å². The van der Waals surface area contributed by atoms with Crippen LogP contribution >= 0.6 is 12.4 Å². The molecule has 2 rings (SSSR count). The highest BCUT2D eigenvalue weighted by Gasteiger charge is 2.22. The van der Waals surface area contributed by atoms with Crippen LogP contribution in [-0.4, -0.2) is 35.2 Å². The van der Waals surface area contributed by atoms with E-state index in [0.717, 1.165) is 19.5 Å². The van der Waals surface area contributed by atoms with E-state index in [-0.39, 0.29) is 30.3 Å². The van der Waals surface area contributed by atoms with Gasteiger partial charge in [0.25, 0.3) is 0 Å². The molecule has 2 atom stereocenters. The lowest BCUT2D eigenvalue weighted by Gasteiger charge is -2.30. The smallest absolute Gasteiger partial charge is 0.227 e. The minimum atomic E-state index is 0. The number of piperidine rings is 1. The van der Waals surface area contributed by atoms with Crippen molar-refractivity contribution in [2.75, 3.05) is 13.1 Å². The molecule has 21 heavy (non-hydrogen) atoms. The van der Waals surface area contributed by atoms with Crippen LogP contribution in [0.4, 0.5) is 0 Å². The van der Waals surface area contributed by atoms with Crippen LogP contribution in [0, 0.1) is 5.92 Å². The van der Waals surface area contributed by atoms with Gasteiger partial charge in [0.2, 0.25) is 11.8 Å². The SMILES string of the molecule is CC(C)c1noc(CCC(=O)NC2CNCCC2C)n1.Cl. The molecule has 2 unspecified atom stereocenters. The van der Waals surface area contributed by atoms with Gasteiger partial charge in [0.05, 0.1) is 0 Å². The molecule has 0 bridgehead atoms. The molecule has 0 spiro atoms. The van der Waals surface area contributed by atoms with Crippen molar-refractivity contribution in [1.29, 1.82) is 0 Å². The Hall–Kier alpha value is -1.14. The van der Waals surface area contributed by atoms with Crippen molar-refractivity contribution in [3.05, 3.63) is 11.7 Å². The van der Waals surface area contributed by atoms with E-state index in [2.05, 4.69) is 27.7 Å². The third-order valence-corrected chi connectivity index (χ3v) is 3.74. The standard InChI is InChI=1S/C14H24N4O2.ClH/c1-9(2)14-17-13(20-18-14)5-4-12(19)16-11-8-15-7-6-10(11)3;/h9-11,15H,4-8H2,1-3H3,(H,16,19);1H. The molecule has 1 aromatic rings. The number of carbonyl (C=O) groups is 1. The van der Waals surface area contributed by atoms with Crippen molar-refractivity contribution in [3.63, 3.8) is 0 Å². The van der Waals surface area contributed by atoms with E-state index in [9.17, 15) is 4.79 Å². The van der Waals surface area contributed by atoms with E-state index in [1.807, 2.05) is 13.8 Å². The van der Waals surface area contributed by atoms with E-state index in [1.54, 1.807) is 0 Å². The molecule has 0 saturated carbocycles. The van der Waals surface area contributed by atoms with Gasteiger partial charge >= 0.3 is 0 Å². The van der Waals surface area contributed by atoms with Crippen molar-refractivity contribution in [1.82, 2.24) is 20.8 Å². The normalized spacial score (nSPS) is 21.9. The number of aromatic nitrogens is 2. The third-order valence-electron chi connectivity index (χ3n) is 3.74. The maximum Gasteiger partial charge on any atom is 0.227 e. The molecule has 1 fully saturated rings. The van der Waals surface area contributed by atoms with Gasteiger partial charge in [-0.2, -0.15) is 4.98 Å². The van der Waals surface area contributed by atoms with Gasteiger partial charge in [-0.05, 0) is 18.9 Å². The average Bonchev–Trinajstić information content (AvgIpc) is 2.88. The number of nitrogens with one attached hydrogen (secondary N) is 2. The number of hydrogen-bond acceptors (Lipinski definition) is 5. The second-order valence-corrected chi connectivity index (χ2v) is 5.85. The van der Waals surface area contributed by atoms with Crippen LogP contribution in [0.1, 0.15) is 51.2 Å². The molecule has 1 amide bonds. The summed E-state index contributed by atoms with van der Waals surface area (Å²) < 4.78 is 5.13. The fourth-order valence-corrected chi connectivity index (χ4v) is 2.29. The van der Waals surface area contributed by atoms with Crippen molar-refractivity contribution in [3.8, 4) is 0 Å². The molecule has 2 N–H and O–H groups in total. The van der Waals surface area contributed by atoms with Crippen LogP contribution in [-0.2, 0) is 11.2 Å². The highest BCUT2D eigenvalue weighted by molar-refractivity contribution is 5.85. The maximum atomic E-state index is 11.9. The van der Waals surface area contributed by atoms with Crippen LogP contribution < -0.4 is 10.6 Å². The highest BCUT2D eigenvalue weighted by Crippen LogP contribution is 2.12. The number of halogens is 1. The van der Waals surface area contributed by atoms with Gasteiger partial charge in [0.15, 0.2) is 5.82 Å². The number of carbonyl (C=O) groups excluding carboxylic acids is 1. The Labute approximate surface area is 131 Å². The molecule has 1 aliphatic rings. The molecule has 7 heteroatoms. The van der Waals surface area contributed by atoms with Gasteiger partial charge < -0.3 is 15.2 Å². The number of amides is 1. The topological polar surface area (TPSA) is 80.0 Å². The van der Waals surface area contributed by atoms with Gasteiger partial charge in [-0.15, -0.1) is 12.4 Å². The summed E-state index contributed by atoms with van der Waals surface area (Å²) in [6.07, 6.45) is 2.00. The summed E-state index contributed by atoms with van der Waals surface area (Å²) in [5.74, 6) is 2.06. The van der Waals surface area contributed by atoms with Gasteiger partial charge in [-0.3, -0.25) is 4.79 Å². The molecular weight excluding hydrogens is 292 g/mol. The van der Waals surface area contributed by atoms with Crippen LogP contribution in [0.3, 0.4) is 0 Å². The summed E-state index contributed by atoms with van der Waals surface area (Å²) in [6, 6.07) is 0.227. The summed E-state index contributed by atoms with van der Waals surface area (Å²) in [7, 11) is 0. The first-order chi connectivity index (χ1) is 9.56. The molecule has 1 aromatic heterocycles. The van der Waals surface area contributed by atoms with E-state index in [0.29, 0.717) is 30.5 Å². The number of hydrogen-bond donors (Lipinski definition) is 2. The molecule has 0 radical (unpaired) electrons. The lowest BCUT2D eigenvalue weighted by molar-refractivity contribution is -0.122. The molecule has 0 aliphatic carbocycles. The largest absolute Gasteiger partial charge is 0.352 e. The van der Waals surface area contributed by atoms with Crippen LogP contribution in [0.25, 0.3) is 0 Å². The first-order valence-electron chi connectivity index (χ1n) is 7.39. The monoisotopic (exact) mass is 316 g/mol. The third kappa shape index (κ3) is 5.28. The summed E-state index contributed by atoms with van der Waals surface area (Å²) in [4.78, 5) is 16.2. The Morgan fingerprint density at radius 2 is 2.29 bits per heavy atom. The zero-order chi connectivity index (χ0) is 14.5. The van der Waals surface area contributed by atoms with E-state index >= 15 is 0 Å². The van der Waals surface area contributed by atoms with Crippen LogP contribution in [0.15, 0.2) is 4.52 Å². The van der Waals surface area contributed by atoms with Gasteiger partial charge in [-0.25, -0.2) is 0 Å². The quantitative estimate of drug-likeness (QED) is 0.863. The van der Waals surface area contributed by atoms with Gasteiger partial charge in [0.1, 0.15) is 0 Å². The number of rotatable bonds is 5.